The van der Waals surface area contributed by atoms with Gasteiger partial charge in [0.05, 0.1) is 19.1 Å². The standard InChI is InChI=1S/C36H36N4O3/c1-26-19-21-31(22-20-26)38-27(2)34(41)39-33(35(42)43-3)23-32-24-40(25-37-32)36(28-13-7-4-8-14-28,29-15-9-5-10-16-29)30-17-11-6-12-18-30/h4-22,24-25,27,33,38H,23H2,1-3H3,(H,39,41)/t27-,33-/m0/s1. The molecule has 1 amide bonds. The topological polar surface area (TPSA) is 85.2 Å². The molecule has 0 aliphatic heterocycles. The molecule has 2 N–H and O–H groups in total. The van der Waals surface area contributed by atoms with E-state index >= 15 is 0 Å². The first-order valence-electron chi connectivity index (χ1n) is 14.3. The van der Waals surface area contributed by atoms with Gasteiger partial charge in [-0.05, 0) is 42.7 Å². The SMILES string of the molecule is COC(=O)[C@H](Cc1cn(C(c2ccccc2)(c2ccccc2)c2ccccc2)cn1)NC(=O)[C@H](C)Nc1ccc(C)cc1. The number of carbonyl (C=O) groups is 2. The molecular formula is C36H36N4O3. The molecule has 1 aromatic heterocycles. The molecule has 0 spiro atoms. The summed E-state index contributed by atoms with van der Waals surface area (Å²) in [4.78, 5) is 30.7. The number of carbonyl (C=O) groups excluding carboxylic acids is 2. The summed E-state index contributed by atoms with van der Waals surface area (Å²) in [7, 11) is 1.32. The molecule has 0 bridgehead atoms. The van der Waals surface area contributed by atoms with Crippen molar-refractivity contribution in [3.05, 3.63) is 156 Å². The first-order chi connectivity index (χ1) is 20.9. The summed E-state index contributed by atoms with van der Waals surface area (Å²) >= 11 is 0. The molecule has 0 saturated carbocycles. The first kappa shape index (κ1) is 29.3. The second-order valence-electron chi connectivity index (χ2n) is 10.6. The largest absolute Gasteiger partial charge is 0.467 e. The van der Waals surface area contributed by atoms with E-state index in [9.17, 15) is 9.59 Å². The van der Waals surface area contributed by atoms with Crippen LogP contribution in [-0.4, -0.2) is 40.6 Å². The van der Waals surface area contributed by atoms with Gasteiger partial charge in [0.1, 0.15) is 17.6 Å². The molecule has 1 heterocycles. The summed E-state index contributed by atoms with van der Waals surface area (Å²) in [5.41, 5.74) is 5.04. The van der Waals surface area contributed by atoms with Crippen molar-refractivity contribution in [2.45, 2.75) is 37.9 Å². The molecular weight excluding hydrogens is 536 g/mol. The van der Waals surface area contributed by atoms with E-state index in [1.54, 1.807) is 13.3 Å². The van der Waals surface area contributed by atoms with Gasteiger partial charge < -0.3 is 19.9 Å². The lowest BCUT2D eigenvalue weighted by Crippen LogP contribution is -2.48. The highest BCUT2D eigenvalue weighted by Crippen LogP contribution is 2.40. The summed E-state index contributed by atoms with van der Waals surface area (Å²) in [5, 5.41) is 6.06. The molecule has 5 rings (SSSR count). The molecule has 0 aliphatic carbocycles. The third-order valence-corrected chi connectivity index (χ3v) is 7.64. The molecule has 7 nitrogen and oxygen atoms in total. The predicted molar refractivity (Wildman–Crippen MR) is 169 cm³/mol. The third kappa shape index (κ3) is 6.36. The Hall–Kier alpha value is -5.17. The van der Waals surface area contributed by atoms with Crippen LogP contribution in [-0.2, 0) is 26.3 Å². The molecule has 43 heavy (non-hydrogen) atoms. The number of aryl methyl sites for hydroxylation is 1. The van der Waals surface area contributed by atoms with E-state index in [-0.39, 0.29) is 12.3 Å². The number of hydrogen-bond acceptors (Lipinski definition) is 5. The Kier molecular flexibility index (Phi) is 9.01. The molecule has 218 valence electrons. The van der Waals surface area contributed by atoms with Crippen LogP contribution in [0.25, 0.3) is 0 Å². The number of methoxy groups -OCH3 is 1. The minimum absolute atomic E-state index is 0.164. The van der Waals surface area contributed by atoms with Crippen LogP contribution in [0, 0.1) is 6.92 Å². The van der Waals surface area contributed by atoms with Gasteiger partial charge in [-0.2, -0.15) is 0 Å². The van der Waals surface area contributed by atoms with E-state index in [4.69, 9.17) is 9.72 Å². The number of amides is 1. The van der Waals surface area contributed by atoms with Gasteiger partial charge in [0.2, 0.25) is 5.91 Å². The Balaban J connectivity index is 1.47. The van der Waals surface area contributed by atoms with Gasteiger partial charge in [0.15, 0.2) is 0 Å². The summed E-state index contributed by atoms with van der Waals surface area (Å²) in [6, 6.07) is 37.1. The number of hydrogen-bond donors (Lipinski definition) is 2. The van der Waals surface area contributed by atoms with Gasteiger partial charge >= 0.3 is 5.97 Å². The van der Waals surface area contributed by atoms with Crippen molar-refractivity contribution in [3.63, 3.8) is 0 Å². The monoisotopic (exact) mass is 572 g/mol. The number of aromatic nitrogens is 2. The fourth-order valence-electron chi connectivity index (χ4n) is 5.44. The Labute approximate surface area is 252 Å². The molecule has 0 radical (unpaired) electrons. The molecule has 0 aliphatic rings. The summed E-state index contributed by atoms with van der Waals surface area (Å²) < 4.78 is 7.15. The highest BCUT2D eigenvalue weighted by molar-refractivity contribution is 5.89. The van der Waals surface area contributed by atoms with Crippen LogP contribution in [0.15, 0.2) is 128 Å². The van der Waals surface area contributed by atoms with Crippen molar-refractivity contribution < 1.29 is 14.3 Å². The Bertz CT molecular complexity index is 1540. The van der Waals surface area contributed by atoms with Crippen molar-refractivity contribution in [2.24, 2.45) is 0 Å². The maximum atomic E-state index is 13.1. The molecule has 0 saturated heterocycles. The van der Waals surface area contributed by atoms with Crippen molar-refractivity contribution in [1.82, 2.24) is 14.9 Å². The number of anilines is 1. The number of esters is 1. The number of imidazole rings is 1. The van der Waals surface area contributed by atoms with E-state index in [2.05, 4.69) is 51.6 Å². The summed E-state index contributed by atoms with van der Waals surface area (Å²) in [5.74, 6) is -0.853. The number of nitrogens with one attached hydrogen (secondary N) is 2. The van der Waals surface area contributed by atoms with Gasteiger partial charge in [-0.3, -0.25) is 4.79 Å². The van der Waals surface area contributed by atoms with E-state index < -0.39 is 23.6 Å². The number of ether oxygens (including phenoxy) is 1. The van der Waals surface area contributed by atoms with Crippen LogP contribution >= 0.6 is 0 Å². The van der Waals surface area contributed by atoms with E-state index in [0.717, 1.165) is 27.9 Å². The zero-order valence-electron chi connectivity index (χ0n) is 24.6. The van der Waals surface area contributed by atoms with Crippen molar-refractivity contribution in [3.8, 4) is 0 Å². The zero-order valence-corrected chi connectivity index (χ0v) is 24.6. The van der Waals surface area contributed by atoms with Crippen molar-refractivity contribution >= 4 is 17.6 Å². The lowest BCUT2D eigenvalue weighted by Gasteiger charge is -2.37. The molecule has 5 aromatic rings. The second-order valence-corrected chi connectivity index (χ2v) is 10.6. The fraction of sp³-hybridized carbons (Fsp3) is 0.194. The third-order valence-electron chi connectivity index (χ3n) is 7.64. The fourth-order valence-corrected chi connectivity index (χ4v) is 5.44. The van der Waals surface area contributed by atoms with Crippen LogP contribution in [0.5, 0.6) is 0 Å². The number of benzene rings is 4. The predicted octanol–water partition coefficient (Wildman–Crippen LogP) is 5.73. The van der Waals surface area contributed by atoms with Gasteiger partial charge in [-0.25, -0.2) is 9.78 Å². The minimum atomic E-state index is -0.914. The average Bonchev–Trinajstić information content (AvgIpc) is 3.52. The Morgan fingerprint density at radius 2 is 1.33 bits per heavy atom. The second kappa shape index (κ2) is 13.2. The maximum absolute atomic E-state index is 13.1. The van der Waals surface area contributed by atoms with E-state index in [1.165, 1.54) is 7.11 Å². The lowest BCUT2D eigenvalue weighted by molar-refractivity contribution is -0.145. The maximum Gasteiger partial charge on any atom is 0.328 e. The molecule has 7 heteroatoms. The number of rotatable bonds is 11. The van der Waals surface area contributed by atoms with Gasteiger partial charge in [-0.1, -0.05) is 109 Å². The molecule has 4 aromatic carbocycles. The van der Waals surface area contributed by atoms with Crippen LogP contribution in [0.1, 0.15) is 34.9 Å². The van der Waals surface area contributed by atoms with E-state index in [0.29, 0.717) is 5.69 Å². The van der Waals surface area contributed by atoms with Gasteiger partial charge in [-0.15, -0.1) is 0 Å². The van der Waals surface area contributed by atoms with Gasteiger partial charge in [0.25, 0.3) is 0 Å². The molecule has 0 unspecified atom stereocenters. The van der Waals surface area contributed by atoms with Crippen LogP contribution < -0.4 is 10.6 Å². The normalized spacial score (nSPS) is 12.6. The van der Waals surface area contributed by atoms with E-state index in [1.807, 2.05) is 92.0 Å². The minimum Gasteiger partial charge on any atom is -0.467 e. The highest BCUT2D eigenvalue weighted by Gasteiger charge is 2.38. The number of nitrogens with zero attached hydrogens (tertiary/aromatic N) is 2. The van der Waals surface area contributed by atoms with Crippen molar-refractivity contribution in [2.75, 3.05) is 12.4 Å². The highest BCUT2D eigenvalue weighted by atomic mass is 16.5. The lowest BCUT2D eigenvalue weighted by atomic mass is 9.77. The first-order valence-corrected chi connectivity index (χ1v) is 14.3. The average molecular weight is 573 g/mol. The Morgan fingerprint density at radius 1 is 0.814 bits per heavy atom. The summed E-state index contributed by atoms with van der Waals surface area (Å²) in [6.07, 6.45) is 3.90. The van der Waals surface area contributed by atoms with Crippen LogP contribution in [0.3, 0.4) is 0 Å². The zero-order chi connectivity index (χ0) is 30.2. The van der Waals surface area contributed by atoms with Crippen LogP contribution in [0.2, 0.25) is 0 Å². The summed E-state index contributed by atoms with van der Waals surface area (Å²) in [6.45, 7) is 3.76. The molecule has 2 atom stereocenters. The van der Waals surface area contributed by atoms with Crippen LogP contribution in [0.4, 0.5) is 5.69 Å². The van der Waals surface area contributed by atoms with Crippen molar-refractivity contribution in [1.29, 1.82) is 0 Å². The smallest absolute Gasteiger partial charge is 0.328 e. The molecule has 0 fully saturated rings. The van der Waals surface area contributed by atoms with Gasteiger partial charge in [0, 0.05) is 18.3 Å². The Morgan fingerprint density at radius 3 is 1.81 bits per heavy atom. The quantitative estimate of drug-likeness (QED) is 0.156.